The Labute approximate surface area is 204 Å². The second-order valence-electron chi connectivity index (χ2n) is 7.53. The zero-order valence-corrected chi connectivity index (χ0v) is 19.3. The summed E-state index contributed by atoms with van der Waals surface area (Å²) in [7, 11) is 0. The first-order valence-electron chi connectivity index (χ1n) is 10.4. The molecule has 0 spiro atoms. The highest BCUT2D eigenvalue weighted by Gasteiger charge is 2.38. The van der Waals surface area contributed by atoms with Gasteiger partial charge in [0.05, 0.1) is 6.04 Å². The predicted molar refractivity (Wildman–Crippen MR) is 129 cm³/mol. The van der Waals surface area contributed by atoms with Gasteiger partial charge in [-0.2, -0.15) is 0 Å². The largest absolute Gasteiger partial charge is 0.486 e. The lowest BCUT2D eigenvalue weighted by molar-refractivity contribution is -0.116. The lowest BCUT2D eigenvalue weighted by atomic mass is 10.0. The number of thioether (sulfide) groups is 1. The van der Waals surface area contributed by atoms with E-state index in [1.165, 1.54) is 23.9 Å². The average Bonchev–Trinajstić information content (AvgIpc) is 3.26. The van der Waals surface area contributed by atoms with Crippen LogP contribution in [-0.2, 0) is 11.4 Å². The number of rotatable bonds is 6. The molecule has 1 aromatic heterocycles. The molecule has 0 unspecified atom stereocenters. The highest BCUT2D eigenvalue weighted by Crippen LogP contribution is 2.37. The van der Waals surface area contributed by atoms with E-state index in [1.807, 2.05) is 30.3 Å². The Bertz CT molecular complexity index is 1290. The van der Waals surface area contributed by atoms with Crippen LogP contribution in [0, 0.1) is 5.82 Å². The molecule has 0 saturated carbocycles. The Morgan fingerprint density at radius 1 is 1.06 bits per heavy atom. The van der Waals surface area contributed by atoms with Crippen LogP contribution in [0.2, 0.25) is 5.02 Å². The number of carbonyl (C=O) groups excluding carboxylic acids is 1. The van der Waals surface area contributed by atoms with E-state index in [0.717, 1.165) is 5.56 Å². The van der Waals surface area contributed by atoms with Crippen molar-refractivity contribution in [3.05, 3.63) is 101 Å². The second kappa shape index (κ2) is 9.74. The van der Waals surface area contributed by atoms with Crippen molar-refractivity contribution >= 4 is 35.0 Å². The van der Waals surface area contributed by atoms with Crippen LogP contribution >= 0.6 is 23.4 Å². The summed E-state index contributed by atoms with van der Waals surface area (Å²) in [5, 5.41) is 11.9. The maximum Gasteiger partial charge on any atom is 0.240 e. The Morgan fingerprint density at radius 2 is 1.79 bits per heavy atom. The number of nitrogens with one attached hydrogen (secondary N) is 2. The topological polar surface area (TPSA) is 81.1 Å². The number of nitrogens with zero attached hydrogens (tertiary/aromatic N) is 3. The van der Waals surface area contributed by atoms with E-state index in [4.69, 9.17) is 16.3 Å². The van der Waals surface area contributed by atoms with E-state index in [1.54, 1.807) is 41.1 Å². The van der Waals surface area contributed by atoms with Gasteiger partial charge in [0.25, 0.3) is 0 Å². The molecule has 34 heavy (non-hydrogen) atoms. The molecule has 172 valence electrons. The van der Waals surface area contributed by atoms with Crippen molar-refractivity contribution in [1.29, 1.82) is 0 Å². The Kier molecular flexibility index (Phi) is 6.37. The molecule has 2 heterocycles. The Hall–Kier alpha value is -3.56. The Morgan fingerprint density at radius 3 is 2.53 bits per heavy atom. The number of para-hydroxylation sites is 1. The minimum Gasteiger partial charge on any atom is -0.486 e. The normalized spacial score (nSPS) is 16.9. The van der Waals surface area contributed by atoms with Gasteiger partial charge in [0.15, 0.2) is 5.82 Å². The smallest absolute Gasteiger partial charge is 0.240 e. The van der Waals surface area contributed by atoms with E-state index in [9.17, 15) is 9.18 Å². The summed E-state index contributed by atoms with van der Waals surface area (Å²) in [4.78, 5) is 13.3. The van der Waals surface area contributed by atoms with Gasteiger partial charge in [-0.1, -0.05) is 53.7 Å². The molecule has 2 atom stereocenters. The van der Waals surface area contributed by atoms with Crippen LogP contribution in [0.25, 0.3) is 0 Å². The molecule has 2 N–H and O–H groups in total. The zero-order valence-electron chi connectivity index (χ0n) is 17.7. The second-order valence-corrected chi connectivity index (χ2v) is 9.07. The zero-order chi connectivity index (χ0) is 23.5. The van der Waals surface area contributed by atoms with Crippen molar-refractivity contribution in [3.8, 4) is 5.75 Å². The van der Waals surface area contributed by atoms with Crippen molar-refractivity contribution in [1.82, 2.24) is 14.9 Å². The number of carbonyl (C=O) groups is 1. The van der Waals surface area contributed by atoms with Crippen molar-refractivity contribution in [2.24, 2.45) is 0 Å². The van der Waals surface area contributed by atoms with E-state index < -0.39 is 11.3 Å². The number of fused-ring (bicyclic) bond motifs is 1. The lowest BCUT2D eigenvalue weighted by Crippen LogP contribution is -2.41. The number of halogens is 2. The molecule has 5 rings (SSSR count). The summed E-state index contributed by atoms with van der Waals surface area (Å²) in [6.45, 7) is 0.183. The fourth-order valence-electron chi connectivity index (χ4n) is 3.52. The van der Waals surface area contributed by atoms with Crippen LogP contribution < -0.4 is 15.5 Å². The molecule has 1 amide bonds. The van der Waals surface area contributed by atoms with E-state index in [-0.39, 0.29) is 18.3 Å². The first-order chi connectivity index (χ1) is 16.6. The van der Waals surface area contributed by atoms with E-state index in [0.29, 0.717) is 27.4 Å². The fourth-order valence-corrected chi connectivity index (χ4v) is 4.75. The van der Waals surface area contributed by atoms with Gasteiger partial charge in [-0.3, -0.25) is 4.79 Å². The molecule has 0 saturated heterocycles. The number of hydrogen-bond acceptors (Lipinski definition) is 6. The van der Waals surface area contributed by atoms with Gasteiger partial charge in [-0.05, 0) is 54.1 Å². The molecule has 1 aliphatic heterocycles. The number of aromatic nitrogens is 3. The van der Waals surface area contributed by atoms with Crippen molar-refractivity contribution in [2.75, 3.05) is 10.7 Å². The quantitative estimate of drug-likeness (QED) is 0.390. The summed E-state index contributed by atoms with van der Waals surface area (Å²) in [6, 6.07) is 21.9. The molecular formula is C24H19ClFN5O2S. The van der Waals surface area contributed by atoms with Gasteiger partial charge < -0.3 is 15.5 Å². The number of hydrogen-bond donors (Lipinski definition) is 2. The molecule has 0 fully saturated rings. The molecule has 7 nitrogen and oxygen atoms in total. The minimum atomic E-state index is -0.597. The van der Waals surface area contributed by atoms with E-state index >= 15 is 0 Å². The van der Waals surface area contributed by atoms with Crippen LogP contribution in [-0.4, -0.2) is 26.0 Å². The fraction of sp³-hybridized carbons (Fsp3) is 0.125. The summed E-state index contributed by atoms with van der Waals surface area (Å²) >= 11 is 7.23. The molecule has 10 heteroatoms. The third-order valence-corrected chi connectivity index (χ3v) is 6.68. The summed E-state index contributed by atoms with van der Waals surface area (Å²) in [5.74, 6) is 0.676. The SMILES string of the molecule is O=C(Nc1ccc(Cl)cc1)[C@@H]1Sc2nnc(COc3ccccc3)n2N[C@H]1c1ccc(F)cc1. The first-order valence-corrected chi connectivity index (χ1v) is 11.7. The predicted octanol–water partition coefficient (Wildman–Crippen LogP) is 5.05. The van der Waals surface area contributed by atoms with Crippen molar-refractivity contribution < 1.29 is 13.9 Å². The standard InChI is InChI=1S/C24H19ClFN5O2S/c25-16-8-12-18(13-9-16)27-23(32)22-21(15-6-10-17(26)11-7-15)30-31-20(28-29-24(31)34-22)14-33-19-4-2-1-3-5-19/h1-13,21-22,30H,14H2,(H,27,32)/t21-,22+/m0/s1. The summed E-state index contributed by atoms with van der Waals surface area (Å²) in [5.41, 5.74) is 4.70. The highest BCUT2D eigenvalue weighted by molar-refractivity contribution is 8.00. The van der Waals surface area contributed by atoms with Gasteiger partial charge in [-0.25, -0.2) is 9.07 Å². The molecule has 0 aliphatic carbocycles. The number of anilines is 1. The Balaban J connectivity index is 1.41. The molecule has 4 aromatic rings. The summed E-state index contributed by atoms with van der Waals surface area (Å²) in [6.07, 6.45) is 0. The van der Waals surface area contributed by atoms with Crippen LogP contribution in [0.5, 0.6) is 5.75 Å². The maximum atomic E-state index is 13.6. The van der Waals surface area contributed by atoms with Gasteiger partial charge in [0.2, 0.25) is 11.1 Å². The molecule has 1 aliphatic rings. The highest BCUT2D eigenvalue weighted by atomic mass is 35.5. The van der Waals surface area contributed by atoms with Gasteiger partial charge >= 0.3 is 0 Å². The number of ether oxygens (including phenoxy) is 1. The van der Waals surface area contributed by atoms with E-state index in [2.05, 4.69) is 20.9 Å². The van der Waals surface area contributed by atoms with Crippen LogP contribution in [0.3, 0.4) is 0 Å². The number of amides is 1. The molecule has 3 aromatic carbocycles. The monoisotopic (exact) mass is 495 g/mol. The minimum absolute atomic E-state index is 0.183. The molecule has 0 bridgehead atoms. The first kappa shape index (κ1) is 22.2. The summed E-state index contributed by atoms with van der Waals surface area (Å²) < 4.78 is 21.1. The number of benzene rings is 3. The van der Waals surface area contributed by atoms with Gasteiger partial charge in [0.1, 0.15) is 23.4 Å². The third-order valence-electron chi connectivity index (χ3n) is 5.21. The average molecular weight is 496 g/mol. The third kappa shape index (κ3) is 4.85. The molecule has 0 radical (unpaired) electrons. The van der Waals surface area contributed by atoms with Crippen molar-refractivity contribution in [3.63, 3.8) is 0 Å². The lowest BCUT2D eigenvalue weighted by Gasteiger charge is -2.33. The van der Waals surface area contributed by atoms with Crippen LogP contribution in [0.1, 0.15) is 17.4 Å². The van der Waals surface area contributed by atoms with Crippen LogP contribution in [0.4, 0.5) is 10.1 Å². The van der Waals surface area contributed by atoms with Gasteiger partial charge in [-0.15, -0.1) is 10.2 Å². The van der Waals surface area contributed by atoms with Gasteiger partial charge in [0, 0.05) is 10.7 Å². The maximum absolute atomic E-state index is 13.6. The van der Waals surface area contributed by atoms with Crippen LogP contribution in [0.15, 0.2) is 84.0 Å². The molecular weight excluding hydrogens is 477 g/mol. The van der Waals surface area contributed by atoms with Crippen molar-refractivity contribution in [2.45, 2.75) is 23.1 Å².